The van der Waals surface area contributed by atoms with Gasteiger partial charge in [0.25, 0.3) is 0 Å². The highest BCUT2D eigenvalue weighted by Crippen LogP contribution is 2.14. The van der Waals surface area contributed by atoms with Crippen molar-refractivity contribution in [1.82, 2.24) is 14.8 Å². The quantitative estimate of drug-likeness (QED) is 0.807. The molecule has 1 amide bonds. The molecule has 1 heterocycles. The minimum atomic E-state index is -0.534. The van der Waals surface area contributed by atoms with Crippen LogP contribution in [-0.4, -0.2) is 26.7 Å². The van der Waals surface area contributed by atoms with Gasteiger partial charge in [0.1, 0.15) is 12.7 Å². The van der Waals surface area contributed by atoms with Gasteiger partial charge in [0.2, 0.25) is 5.91 Å². The van der Waals surface area contributed by atoms with Crippen LogP contribution in [0.5, 0.6) is 0 Å². The van der Waals surface area contributed by atoms with Crippen molar-refractivity contribution in [2.24, 2.45) is 5.73 Å². The third-order valence-electron chi connectivity index (χ3n) is 2.24. The molecule has 88 valence electrons. The van der Waals surface area contributed by atoms with Gasteiger partial charge < -0.3 is 11.1 Å². The van der Waals surface area contributed by atoms with Gasteiger partial charge in [-0.2, -0.15) is 0 Å². The third-order valence-corrected chi connectivity index (χ3v) is 2.24. The molecule has 0 radical (unpaired) electrons. The number of nitrogens with two attached hydrogens (primary N) is 1. The maximum absolute atomic E-state index is 11.4. The molecule has 0 unspecified atom stereocenters. The molecule has 1 atom stereocenters. The second-order valence-electron chi connectivity index (χ2n) is 3.70. The summed E-state index contributed by atoms with van der Waals surface area (Å²) in [6, 6.07) is 6.82. The van der Waals surface area contributed by atoms with E-state index in [0.717, 1.165) is 5.69 Å². The van der Waals surface area contributed by atoms with E-state index >= 15 is 0 Å². The molecule has 0 spiro atoms. The first-order valence-corrected chi connectivity index (χ1v) is 5.18. The van der Waals surface area contributed by atoms with Crippen LogP contribution >= 0.6 is 0 Å². The van der Waals surface area contributed by atoms with E-state index in [1.807, 2.05) is 18.2 Å². The van der Waals surface area contributed by atoms with Crippen LogP contribution in [0.3, 0.4) is 0 Å². The van der Waals surface area contributed by atoms with Crippen LogP contribution in [-0.2, 0) is 4.79 Å². The Bertz CT molecular complexity index is 506. The Balaban J connectivity index is 2.20. The summed E-state index contributed by atoms with van der Waals surface area (Å²) < 4.78 is 1.75. The van der Waals surface area contributed by atoms with Gasteiger partial charge in [-0.1, -0.05) is 6.07 Å². The smallest absolute Gasteiger partial charge is 0.240 e. The predicted molar refractivity (Wildman–Crippen MR) is 63.6 cm³/mol. The standard InChI is InChI=1S/C11H13N5O/c1-8(12)11(17)15-9-3-2-4-10(5-9)16-6-13-14-7-16/h2-8H,12H2,1H3,(H,15,17)/t8-/m0/s1. The van der Waals surface area contributed by atoms with Gasteiger partial charge in [-0.3, -0.25) is 9.36 Å². The zero-order chi connectivity index (χ0) is 12.3. The molecule has 2 rings (SSSR count). The number of carbonyl (C=O) groups is 1. The molecular formula is C11H13N5O. The molecule has 3 N–H and O–H groups in total. The molecular weight excluding hydrogens is 218 g/mol. The van der Waals surface area contributed by atoms with E-state index < -0.39 is 6.04 Å². The van der Waals surface area contributed by atoms with Crippen LogP contribution in [0.4, 0.5) is 5.69 Å². The first kappa shape index (κ1) is 11.3. The predicted octanol–water partition coefficient (Wildman–Crippen LogP) is 0.553. The first-order chi connectivity index (χ1) is 8.16. The van der Waals surface area contributed by atoms with Crippen LogP contribution in [0, 0.1) is 0 Å². The van der Waals surface area contributed by atoms with Gasteiger partial charge in [0.15, 0.2) is 0 Å². The number of rotatable bonds is 3. The Hall–Kier alpha value is -2.21. The molecule has 0 saturated heterocycles. The third kappa shape index (κ3) is 2.67. The number of nitrogens with one attached hydrogen (secondary N) is 1. The number of benzene rings is 1. The SMILES string of the molecule is C[C@H](N)C(=O)Nc1cccc(-n2cnnc2)c1. The topological polar surface area (TPSA) is 85.8 Å². The van der Waals surface area contributed by atoms with E-state index in [-0.39, 0.29) is 5.91 Å². The van der Waals surface area contributed by atoms with E-state index in [0.29, 0.717) is 5.69 Å². The molecule has 0 aliphatic heterocycles. The molecule has 0 bridgehead atoms. The van der Waals surface area contributed by atoms with E-state index in [9.17, 15) is 4.79 Å². The second-order valence-corrected chi connectivity index (χ2v) is 3.70. The van der Waals surface area contributed by atoms with Crippen molar-refractivity contribution < 1.29 is 4.79 Å². The fraction of sp³-hybridized carbons (Fsp3) is 0.182. The molecule has 0 aliphatic rings. The van der Waals surface area contributed by atoms with Crippen molar-refractivity contribution in [3.63, 3.8) is 0 Å². The van der Waals surface area contributed by atoms with Gasteiger partial charge in [0.05, 0.1) is 11.7 Å². The van der Waals surface area contributed by atoms with Crippen LogP contribution in [0.15, 0.2) is 36.9 Å². The molecule has 2 aromatic rings. The lowest BCUT2D eigenvalue weighted by atomic mass is 10.2. The van der Waals surface area contributed by atoms with Crippen LogP contribution in [0.2, 0.25) is 0 Å². The minimum absolute atomic E-state index is 0.217. The summed E-state index contributed by atoms with van der Waals surface area (Å²) in [5, 5.41) is 10.2. The Morgan fingerprint density at radius 2 is 2.12 bits per heavy atom. The van der Waals surface area contributed by atoms with E-state index in [1.165, 1.54) is 0 Å². The molecule has 0 saturated carbocycles. The summed E-state index contributed by atoms with van der Waals surface area (Å²) >= 11 is 0. The molecule has 6 nitrogen and oxygen atoms in total. The largest absolute Gasteiger partial charge is 0.325 e. The average Bonchev–Trinajstić information content (AvgIpc) is 2.82. The molecule has 17 heavy (non-hydrogen) atoms. The lowest BCUT2D eigenvalue weighted by molar-refractivity contribution is -0.117. The second kappa shape index (κ2) is 4.75. The highest BCUT2D eigenvalue weighted by atomic mass is 16.2. The zero-order valence-corrected chi connectivity index (χ0v) is 9.37. The van der Waals surface area contributed by atoms with Gasteiger partial charge in [0, 0.05) is 5.69 Å². The Morgan fingerprint density at radius 3 is 2.76 bits per heavy atom. The van der Waals surface area contributed by atoms with Gasteiger partial charge in [-0.05, 0) is 25.1 Å². The van der Waals surface area contributed by atoms with Crippen molar-refractivity contribution in [3.8, 4) is 5.69 Å². The molecule has 6 heteroatoms. The summed E-state index contributed by atoms with van der Waals surface area (Å²) in [4.78, 5) is 11.4. The summed E-state index contributed by atoms with van der Waals surface area (Å²) in [5.41, 5.74) is 7.04. The Morgan fingerprint density at radius 1 is 1.41 bits per heavy atom. The summed E-state index contributed by atoms with van der Waals surface area (Å²) in [6.07, 6.45) is 3.18. The van der Waals surface area contributed by atoms with Crippen molar-refractivity contribution in [3.05, 3.63) is 36.9 Å². The normalized spacial score (nSPS) is 12.1. The van der Waals surface area contributed by atoms with E-state index in [4.69, 9.17) is 5.73 Å². The maximum atomic E-state index is 11.4. The van der Waals surface area contributed by atoms with Crippen molar-refractivity contribution in [1.29, 1.82) is 0 Å². The number of hydrogen-bond acceptors (Lipinski definition) is 4. The maximum Gasteiger partial charge on any atom is 0.240 e. The van der Waals surface area contributed by atoms with E-state index in [1.54, 1.807) is 30.2 Å². The van der Waals surface area contributed by atoms with Crippen LogP contribution in [0.1, 0.15) is 6.92 Å². The number of anilines is 1. The van der Waals surface area contributed by atoms with Crippen LogP contribution < -0.4 is 11.1 Å². The Kier molecular flexibility index (Phi) is 3.15. The highest BCUT2D eigenvalue weighted by molar-refractivity contribution is 5.94. The van der Waals surface area contributed by atoms with E-state index in [2.05, 4.69) is 15.5 Å². The first-order valence-electron chi connectivity index (χ1n) is 5.18. The monoisotopic (exact) mass is 231 g/mol. The van der Waals surface area contributed by atoms with Crippen molar-refractivity contribution in [2.45, 2.75) is 13.0 Å². The number of amides is 1. The number of hydrogen-bond donors (Lipinski definition) is 2. The fourth-order valence-electron chi connectivity index (χ4n) is 1.33. The van der Waals surface area contributed by atoms with Crippen molar-refractivity contribution in [2.75, 3.05) is 5.32 Å². The fourth-order valence-corrected chi connectivity index (χ4v) is 1.33. The summed E-state index contributed by atoms with van der Waals surface area (Å²) in [5.74, 6) is -0.217. The molecule has 1 aromatic carbocycles. The van der Waals surface area contributed by atoms with Gasteiger partial charge >= 0.3 is 0 Å². The minimum Gasteiger partial charge on any atom is -0.325 e. The average molecular weight is 231 g/mol. The highest BCUT2D eigenvalue weighted by Gasteiger charge is 2.07. The van der Waals surface area contributed by atoms with Gasteiger partial charge in [-0.25, -0.2) is 0 Å². The summed E-state index contributed by atoms with van der Waals surface area (Å²) in [7, 11) is 0. The number of nitrogens with zero attached hydrogens (tertiary/aromatic N) is 3. The van der Waals surface area contributed by atoms with Crippen LogP contribution in [0.25, 0.3) is 5.69 Å². The summed E-state index contributed by atoms with van der Waals surface area (Å²) in [6.45, 7) is 1.64. The molecule has 0 aliphatic carbocycles. The molecule has 1 aromatic heterocycles. The Labute approximate surface area is 98.5 Å². The zero-order valence-electron chi connectivity index (χ0n) is 9.37. The lowest BCUT2D eigenvalue weighted by Crippen LogP contribution is -2.32. The van der Waals surface area contributed by atoms with Gasteiger partial charge in [-0.15, -0.1) is 10.2 Å². The molecule has 0 fully saturated rings. The lowest BCUT2D eigenvalue weighted by Gasteiger charge is -2.09. The number of carbonyl (C=O) groups excluding carboxylic acids is 1. The number of aromatic nitrogens is 3. The van der Waals surface area contributed by atoms with Crippen molar-refractivity contribution >= 4 is 11.6 Å².